The average Bonchev–Trinajstić information content (AvgIpc) is 2.72. The molecular weight excluding hydrogens is 425 g/mol. The minimum absolute atomic E-state index is 0.0591. The van der Waals surface area contributed by atoms with Crippen LogP contribution in [0.5, 0.6) is 11.5 Å². The molecule has 0 saturated carbocycles. The normalized spacial score (nSPS) is 10.5. The van der Waals surface area contributed by atoms with Gasteiger partial charge in [-0.3, -0.25) is 0 Å². The van der Waals surface area contributed by atoms with Crippen molar-refractivity contribution in [3.63, 3.8) is 0 Å². The van der Waals surface area contributed by atoms with E-state index in [2.05, 4.69) is 5.32 Å². The Hall–Kier alpha value is -2.89. The molecule has 0 aliphatic rings. The molecular formula is C23H21Cl2NO4. The first kappa shape index (κ1) is 21.8. The van der Waals surface area contributed by atoms with Crippen molar-refractivity contribution in [2.45, 2.75) is 20.1 Å². The van der Waals surface area contributed by atoms with E-state index < -0.39 is 5.97 Å². The van der Waals surface area contributed by atoms with Gasteiger partial charge in [-0.05, 0) is 48.4 Å². The number of aromatic carboxylic acids is 1. The molecule has 30 heavy (non-hydrogen) atoms. The summed E-state index contributed by atoms with van der Waals surface area (Å²) in [7, 11) is 0. The number of hydrogen-bond acceptors (Lipinski definition) is 4. The Bertz CT molecular complexity index is 1030. The molecule has 0 heterocycles. The van der Waals surface area contributed by atoms with Crippen molar-refractivity contribution in [1.29, 1.82) is 0 Å². The number of hydrogen-bond donors (Lipinski definition) is 2. The van der Waals surface area contributed by atoms with Gasteiger partial charge in [0.1, 0.15) is 6.61 Å². The highest BCUT2D eigenvalue weighted by molar-refractivity contribution is 6.33. The Balaban J connectivity index is 1.74. The summed E-state index contributed by atoms with van der Waals surface area (Å²) in [6.07, 6.45) is 0. The van der Waals surface area contributed by atoms with E-state index in [1.54, 1.807) is 12.1 Å². The zero-order valence-electron chi connectivity index (χ0n) is 16.3. The van der Waals surface area contributed by atoms with Crippen LogP contribution in [0.2, 0.25) is 10.0 Å². The third-order valence-corrected chi connectivity index (χ3v) is 4.88. The van der Waals surface area contributed by atoms with Crippen LogP contribution in [-0.4, -0.2) is 17.7 Å². The lowest BCUT2D eigenvalue weighted by Crippen LogP contribution is -2.04. The van der Waals surface area contributed by atoms with Crippen LogP contribution < -0.4 is 14.8 Å². The van der Waals surface area contributed by atoms with Crippen LogP contribution in [0.1, 0.15) is 28.4 Å². The zero-order valence-corrected chi connectivity index (χ0v) is 17.8. The zero-order chi connectivity index (χ0) is 21.5. The van der Waals surface area contributed by atoms with E-state index in [1.807, 2.05) is 49.4 Å². The van der Waals surface area contributed by atoms with Crippen LogP contribution >= 0.6 is 23.2 Å². The Morgan fingerprint density at radius 1 is 0.967 bits per heavy atom. The second-order valence-electron chi connectivity index (χ2n) is 6.47. The van der Waals surface area contributed by atoms with Gasteiger partial charge >= 0.3 is 5.97 Å². The van der Waals surface area contributed by atoms with E-state index in [0.29, 0.717) is 42.0 Å². The van der Waals surface area contributed by atoms with Gasteiger partial charge in [0, 0.05) is 12.2 Å². The first-order valence-corrected chi connectivity index (χ1v) is 10.1. The lowest BCUT2D eigenvalue weighted by Gasteiger charge is -2.16. The maximum absolute atomic E-state index is 11.1. The number of benzene rings is 3. The van der Waals surface area contributed by atoms with Crippen LogP contribution in [0.25, 0.3) is 0 Å². The van der Waals surface area contributed by atoms with Gasteiger partial charge in [-0.15, -0.1) is 0 Å². The Morgan fingerprint density at radius 2 is 1.73 bits per heavy atom. The minimum atomic E-state index is -1.06. The van der Waals surface area contributed by atoms with Gasteiger partial charge in [0.25, 0.3) is 0 Å². The molecule has 0 atom stereocenters. The summed E-state index contributed by atoms with van der Waals surface area (Å²) in [5.41, 5.74) is 2.67. The molecule has 0 aliphatic heterocycles. The van der Waals surface area contributed by atoms with E-state index >= 15 is 0 Å². The smallest absolute Gasteiger partial charge is 0.337 e. The SMILES string of the molecule is CCOc1cc(CNc2ccc(C(=O)O)c(Cl)c2)cc(Cl)c1OCc1ccccc1. The van der Waals surface area contributed by atoms with Crippen LogP contribution in [0.15, 0.2) is 60.7 Å². The summed E-state index contributed by atoms with van der Waals surface area (Å²) < 4.78 is 11.7. The maximum atomic E-state index is 11.1. The average molecular weight is 446 g/mol. The summed E-state index contributed by atoms with van der Waals surface area (Å²) in [6.45, 7) is 3.20. The van der Waals surface area contributed by atoms with E-state index in [0.717, 1.165) is 11.1 Å². The molecule has 0 bridgehead atoms. The molecule has 3 aromatic rings. The summed E-state index contributed by atoms with van der Waals surface area (Å²) in [4.78, 5) is 11.1. The highest BCUT2D eigenvalue weighted by Crippen LogP contribution is 2.37. The van der Waals surface area contributed by atoms with E-state index in [9.17, 15) is 4.79 Å². The van der Waals surface area contributed by atoms with Gasteiger partial charge in [0.15, 0.2) is 11.5 Å². The standard InChI is InChI=1S/C23H21Cl2NO4/c1-2-29-21-11-16(13-26-17-8-9-18(23(27)28)19(24)12-17)10-20(25)22(21)30-14-15-6-4-3-5-7-15/h3-12,26H,2,13-14H2,1H3,(H,27,28). The molecule has 0 spiro atoms. The third-order valence-electron chi connectivity index (χ3n) is 4.29. The summed E-state index contributed by atoms with van der Waals surface area (Å²) in [6, 6.07) is 18.2. The van der Waals surface area contributed by atoms with Crippen molar-refractivity contribution in [3.8, 4) is 11.5 Å². The molecule has 2 N–H and O–H groups in total. The molecule has 7 heteroatoms. The molecule has 3 rings (SSSR count). The minimum Gasteiger partial charge on any atom is -0.490 e. The van der Waals surface area contributed by atoms with Crippen LogP contribution in [0.3, 0.4) is 0 Å². The highest BCUT2D eigenvalue weighted by Gasteiger charge is 2.14. The number of ether oxygens (including phenoxy) is 2. The van der Waals surface area contributed by atoms with Crippen molar-refractivity contribution in [2.24, 2.45) is 0 Å². The predicted octanol–water partition coefficient (Wildman–Crippen LogP) is 6.28. The second-order valence-corrected chi connectivity index (χ2v) is 7.28. The second kappa shape index (κ2) is 10.2. The van der Waals surface area contributed by atoms with Gasteiger partial charge in [-0.25, -0.2) is 4.79 Å². The molecule has 0 aromatic heterocycles. The fraction of sp³-hybridized carbons (Fsp3) is 0.174. The summed E-state index contributed by atoms with van der Waals surface area (Å²) >= 11 is 12.5. The van der Waals surface area contributed by atoms with E-state index in [1.165, 1.54) is 6.07 Å². The Morgan fingerprint density at radius 3 is 2.40 bits per heavy atom. The fourth-order valence-electron chi connectivity index (χ4n) is 2.86. The molecule has 5 nitrogen and oxygen atoms in total. The Kier molecular flexibility index (Phi) is 7.44. The van der Waals surface area contributed by atoms with Gasteiger partial charge in [0.2, 0.25) is 0 Å². The van der Waals surface area contributed by atoms with Crippen LogP contribution in [0, 0.1) is 0 Å². The maximum Gasteiger partial charge on any atom is 0.337 e. The molecule has 0 fully saturated rings. The summed E-state index contributed by atoms with van der Waals surface area (Å²) in [5.74, 6) is 0.00254. The van der Waals surface area contributed by atoms with Gasteiger partial charge in [-0.2, -0.15) is 0 Å². The largest absolute Gasteiger partial charge is 0.490 e. The lowest BCUT2D eigenvalue weighted by atomic mass is 10.1. The molecule has 0 radical (unpaired) electrons. The number of nitrogens with one attached hydrogen (secondary N) is 1. The van der Waals surface area contributed by atoms with Crippen molar-refractivity contribution in [2.75, 3.05) is 11.9 Å². The lowest BCUT2D eigenvalue weighted by molar-refractivity contribution is 0.0697. The van der Waals surface area contributed by atoms with Crippen molar-refractivity contribution in [1.82, 2.24) is 0 Å². The molecule has 0 amide bonds. The molecule has 0 saturated heterocycles. The van der Waals surface area contributed by atoms with E-state index in [4.69, 9.17) is 37.8 Å². The van der Waals surface area contributed by atoms with Gasteiger partial charge < -0.3 is 19.9 Å². The van der Waals surface area contributed by atoms with Crippen molar-refractivity contribution in [3.05, 3.63) is 87.4 Å². The topological polar surface area (TPSA) is 67.8 Å². The monoisotopic (exact) mass is 445 g/mol. The van der Waals surface area contributed by atoms with Crippen molar-refractivity contribution < 1.29 is 19.4 Å². The molecule has 3 aromatic carbocycles. The van der Waals surface area contributed by atoms with Gasteiger partial charge in [0.05, 0.1) is 22.2 Å². The van der Waals surface area contributed by atoms with Crippen LogP contribution in [0.4, 0.5) is 5.69 Å². The number of carboxylic acid groups (broad SMARTS) is 1. The number of anilines is 1. The number of carbonyl (C=O) groups is 1. The molecule has 0 unspecified atom stereocenters. The third kappa shape index (κ3) is 5.59. The molecule has 156 valence electrons. The Labute approximate surface area is 185 Å². The number of halogens is 2. The number of carboxylic acids is 1. The number of rotatable bonds is 9. The predicted molar refractivity (Wildman–Crippen MR) is 119 cm³/mol. The van der Waals surface area contributed by atoms with Gasteiger partial charge in [-0.1, -0.05) is 53.5 Å². The van der Waals surface area contributed by atoms with Crippen molar-refractivity contribution >= 4 is 34.9 Å². The fourth-order valence-corrected chi connectivity index (χ4v) is 3.41. The summed E-state index contributed by atoms with van der Waals surface area (Å²) in [5, 5.41) is 12.9. The highest BCUT2D eigenvalue weighted by atomic mass is 35.5. The first-order chi connectivity index (χ1) is 14.5. The van der Waals surface area contributed by atoms with E-state index in [-0.39, 0.29) is 10.6 Å². The van der Waals surface area contributed by atoms with Crippen LogP contribution in [-0.2, 0) is 13.2 Å². The first-order valence-electron chi connectivity index (χ1n) is 9.36. The quantitative estimate of drug-likeness (QED) is 0.405. The molecule has 0 aliphatic carbocycles.